The molecule has 0 amide bonds. The first-order chi connectivity index (χ1) is 12.2. The van der Waals surface area contributed by atoms with Crippen molar-refractivity contribution in [2.24, 2.45) is 11.3 Å². The minimum atomic E-state index is -5.67. The van der Waals surface area contributed by atoms with Crippen molar-refractivity contribution in [1.82, 2.24) is 0 Å². The van der Waals surface area contributed by atoms with Crippen molar-refractivity contribution in [3.05, 3.63) is 0 Å². The Morgan fingerprint density at radius 3 is 2.07 bits per heavy atom. The summed E-state index contributed by atoms with van der Waals surface area (Å²) in [6, 6.07) is 0. The monoisotopic (exact) mass is 423 g/mol. The molecule has 3 atom stereocenters. The number of carbonyl (C=O) groups is 1. The molecule has 156 valence electrons. The number of ether oxygens (including phenoxy) is 1. The van der Waals surface area contributed by atoms with Crippen LogP contribution in [0.15, 0.2) is 0 Å². The standard InChI is InChI=1S/C14H17F5O7S/c15-13(16,17)8(14(18,19)27-26-25-23)24-9(20)10-1-7-2-11(21,4-10)6-12(22,3-7)5-10/h7-8,21-23H,1-6H2/p-1. The molecule has 4 aliphatic carbocycles. The van der Waals surface area contributed by atoms with Gasteiger partial charge in [0, 0.05) is 6.42 Å². The van der Waals surface area contributed by atoms with Crippen LogP contribution in [0.2, 0.25) is 0 Å². The van der Waals surface area contributed by atoms with Gasteiger partial charge in [0.25, 0.3) is 6.10 Å². The maximum absolute atomic E-state index is 13.8. The fourth-order valence-corrected chi connectivity index (χ4v) is 5.61. The smallest absolute Gasteiger partial charge is 0.432 e. The molecule has 27 heavy (non-hydrogen) atoms. The molecule has 7 nitrogen and oxygen atoms in total. The molecule has 4 rings (SSSR count). The highest BCUT2D eigenvalue weighted by Crippen LogP contribution is 2.63. The third kappa shape index (κ3) is 3.90. The predicted octanol–water partition coefficient (Wildman–Crippen LogP) is 1.37. The minimum Gasteiger partial charge on any atom is -0.691 e. The SMILES string of the molecule is O=C(OC(C(F)(F)F)C(F)(F)SOO[O-])C12CC3CC(O)(CC(O)(C3)C1)C2. The molecule has 4 bridgehead atoms. The molecule has 0 radical (unpaired) electrons. The molecule has 0 aromatic carbocycles. The summed E-state index contributed by atoms with van der Waals surface area (Å²) in [7, 11) is 0. The van der Waals surface area contributed by atoms with E-state index in [1.807, 2.05) is 0 Å². The fourth-order valence-electron chi connectivity index (χ4n) is 5.23. The number of carbonyl (C=O) groups excluding carboxylic acids is 1. The first-order valence-corrected chi connectivity index (χ1v) is 8.72. The van der Waals surface area contributed by atoms with Gasteiger partial charge in [-0.05, 0) is 38.0 Å². The largest absolute Gasteiger partial charge is 0.691 e. The van der Waals surface area contributed by atoms with E-state index in [1.165, 1.54) is 0 Å². The van der Waals surface area contributed by atoms with E-state index in [0.29, 0.717) is 0 Å². The molecule has 3 unspecified atom stereocenters. The van der Waals surface area contributed by atoms with Gasteiger partial charge in [-0.3, -0.25) is 9.83 Å². The van der Waals surface area contributed by atoms with E-state index >= 15 is 0 Å². The van der Waals surface area contributed by atoms with E-state index in [9.17, 15) is 42.2 Å². The Bertz CT molecular complexity index is 597. The molecule has 0 spiro atoms. The highest BCUT2D eigenvalue weighted by molar-refractivity contribution is 7.95. The lowest BCUT2D eigenvalue weighted by Gasteiger charge is -2.62. The molecule has 0 saturated heterocycles. The van der Waals surface area contributed by atoms with Crippen molar-refractivity contribution >= 4 is 18.0 Å². The van der Waals surface area contributed by atoms with Crippen molar-refractivity contribution in [3.63, 3.8) is 0 Å². The van der Waals surface area contributed by atoms with E-state index in [0.717, 1.165) is 0 Å². The molecular weight excluding hydrogens is 407 g/mol. The van der Waals surface area contributed by atoms with E-state index in [-0.39, 0.29) is 44.4 Å². The van der Waals surface area contributed by atoms with Crippen molar-refractivity contribution in [2.75, 3.05) is 0 Å². The summed E-state index contributed by atoms with van der Waals surface area (Å²) < 4.78 is 74.2. The van der Waals surface area contributed by atoms with Crippen LogP contribution < -0.4 is 5.26 Å². The molecule has 2 N–H and O–H groups in total. The first kappa shape index (κ1) is 21.0. The number of hydrogen-bond acceptors (Lipinski definition) is 8. The average molecular weight is 423 g/mol. The van der Waals surface area contributed by atoms with Gasteiger partial charge in [0.05, 0.1) is 16.6 Å². The van der Waals surface area contributed by atoms with Gasteiger partial charge in [-0.2, -0.15) is 26.3 Å². The van der Waals surface area contributed by atoms with Crippen LogP contribution in [0.3, 0.4) is 0 Å². The maximum atomic E-state index is 13.8. The zero-order valence-corrected chi connectivity index (χ0v) is 14.4. The van der Waals surface area contributed by atoms with Gasteiger partial charge >= 0.3 is 17.4 Å². The van der Waals surface area contributed by atoms with Crippen molar-refractivity contribution < 1.29 is 56.3 Å². The number of rotatable bonds is 6. The van der Waals surface area contributed by atoms with Crippen LogP contribution in [0.5, 0.6) is 0 Å². The van der Waals surface area contributed by atoms with Crippen molar-refractivity contribution in [3.8, 4) is 0 Å². The van der Waals surface area contributed by atoms with E-state index in [4.69, 9.17) is 0 Å². The van der Waals surface area contributed by atoms with Gasteiger partial charge < -0.3 is 20.2 Å². The number of hydrogen-bond donors (Lipinski definition) is 2. The Kier molecular flexibility index (Phi) is 4.97. The van der Waals surface area contributed by atoms with Crippen molar-refractivity contribution in [2.45, 2.75) is 67.3 Å². The molecule has 0 aromatic heterocycles. The Morgan fingerprint density at radius 1 is 1.07 bits per heavy atom. The summed E-state index contributed by atoms with van der Waals surface area (Å²) in [4.78, 5) is 12.5. The van der Waals surface area contributed by atoms with Gasteiger partial charge in [-0.1, -0.05) is 0 Å². The van der Waals surface area contributed by atoms with Crippen LogP contribution >= 0.6 is 12.0 Å². The summed E-state index contributed by atoms with van der Waals surface area (Å²) in [5.74, 6) is -1.91. The number of halogens is 5. The molecular formula is C14H16F5O7S-. The van der Waals surface area contributed by atoms with E-state index in [2.05, 4.69) is 14.1 Å². The van der Waals surface area contributed by atoms with E-state index < -0.39 is 52.2 Å². The third-order valence-electron chi connectivity index (χ3n) is 5.44. The van der Waals surface area contributed by atoms with Crippen LogP contribution in [0.25, 0.3) is 0 Å². The van der Waals surface area contributed by atoms with Crippen molar-refractivity contribution in [1.29, 1.82) is 0 Å². The number of aliphatic hydroxyl groups is 2. The lowest BCUT2D eigenvalue weighted by atomic mass is 9.46. The predicted molar refractivity (Wildman–Crippen MR) is 74.2 cm³/mol. The third-order valence-corrected chi connectivity index (χ3v) is 6.00. The normalized spacial score (nSPS) is 39.5. The lowest BCUT2D eigenvalue weighted by molar-refractivity contribution is -0.777. The molecule has 4 aliphatic rings. The second-order valence-electron chi connectivity index (χ2n) is 7.85. The molecule has 4 fully saturated rings. The maximum Gasteiger partial charge on any atom is 0.432 e. The fraction of sp³-hybridized carbons (Fsp3) is 0.929. The number of esters is 1. The summed E-state index contributed by atoms with van der Waals surface area (Å²) in [6.07, 6.45) is -9.59. The van der Waals surface area contributed by atoms with Crippen LogP contribution in [-0.4, -0.2) is 44.9 Å². The van der Waals surface area contributed by atoms with Crippen LogP contribution in [0, 0.1) is 11.3 Å². The quantitative estimate of drug-likeness (QED) is 0.217. The minimum absolute atomic E-state index is 0.0277. The summed E-state index contributed by atoms with van der Waals surface area (Å²) in [6.45, 7) is 0. The Hall–Kier alpha value is -0.730. The molecule has 13 heteroatoms. The zero-order chi connectivity index (χ0) is 20.3. The van der Waals surface area contributed by atoms with Gasteiger partial charge in [0.15, 0.2) is 0 Å². The molecule has 0 aliphatic heterocycles. The van der Waals surface area contributed by atoms with Gasteiger partial charge in [-0.25, -0.2) is 0 Å². The van der Waals surface area contributed by atoms with Crippen LogP contribution in [-0.2, 0) is 18.9 Å². The average Bonchev–Trinajstić information content (AvgIpc) is 2.45. The Morgan fingerprint density at radius 2 is 1.63 bits per heavy atom. The number of alkyl halides is 5. The highest BCUT2D eigenvalue weighted by Gasteiger charge is 2.68. The van der Waals surface area contributed by atoms with Gasteiger partial charge in [-0.15, -0.1) is 0 Å². The summed E-state index contributed by atoms with van der Waals surface area (Å²) in [5.41, 5.74) is -4.61. The second kappa shape index (κ2) is 6.39. The van der Waals surface area contributed by atoms with E-state index in [1.54, 1.807) is 0 Å². The Labute approximate surface area is 153 Å². The first-order valence-electron chi connectivity index (χ1n) is 7.97. The topological polar surface area (TPSA) is 108 Å². The molecule has 4 saturated carbocycles. The second-order valence-corrected chi connectivity index (χ2v) is 8.69. The van der Waals surface area contributed by atoms with Crippen LogP contribution in [0.1, 0.15) is 38.5 Å². The zero-order valence-electron chi connectivity index (χ0n) is 13.6. The lowest BCUT2D eigenvalue weighted by Crippen LogP contribution is -2.65. The summed E-state index contributed by atoms with van der Waals surface area (Å²) in [5, 5.41) is 28.5. The highest BCUT2D eigenvalue weighted by atomic mass is 32.2. The summed E-state index contributed by atoms with van der Waals surface area (Å²) >= 11 is -1.23. The van der Waals surface area contributed by atoms with Crippen LogP contribution in [0.4, 0.5) is 22.0 Å². The van der Waals surface area contributed by atoms with Gasteiger partial charge in [0.1, 0.15) is 12.0 Å². The molecule has 0 heterocycles. The van der Waals surface area contributed by atoms with Gasteiger partial charge in [0.2, 0.25) is 0 Å². The molecule has 0 aromatic rings. The Balaban J connectivity index is 1.84.